The molecule has 0 aromatic carbocycles. The van der Waals surface area contributed by atoms with E-state index in [1.165, 1.54) is 0 Å². The molecular formula is C13H22BN3O2. The van der Waals surface area contributed by atoms with Gasteiger partial charge in [0.05, 0.1) is 11.2 Å². The minimum Gasteiger partial charge on any atom is -0.399 e. The van der Waals surface area contributed by atoms with Crippen molar-refractivity contribution in [1.29, 1.82) is 0 Å². The highest BCUT2D eigenvalue weighted by atomic mass is 16.7. The normalized spacial score (nSPS) is 20.9. The summed E-state index contributed by atoms with van der Waals surface area (Å²) in [5.74, 6) is 0.621. The lowest BCUT2D eigenvalue weighted by Gasteiger charge is -2.32. The van der Waals surface area contributed by atoms with Crippen LogP contribution < -0.4 is 10.8 Å². The van der Waals surface area contributed by atoms with Crippen molar-refractivity contribution in [2.75, 3.05) is 5.32 Å². The molecule has 0 amide bonds. The van der Waals surface area contributed by atoms with Crippen molar-refractivity contribution < 1.29 is 9.31 Å². The van der Waals surface area contributed by atoms with E-state index in [9.17, 15) is 0 Å². The van der Waals surface area contributed by atoms with E-state index in [1.807, 2.05) is 41.5 Å². The molecule has 1 fully saturated rings. The van der Waals surface area contributed by atoms with Crippen molar-refractivity contribution in [2.24, 2.45) is 0 Å². The van der Waals surface area contributed by atoms with Crippen molar-refractivity contribution in [3.63, 3.8) is 0 Å². The summed E-state index contributed by atoms with van der Waals surface area (Å²) in [6.45, 7) is 12.2. The summed E-state index contributed by atoms with van der Waals surface area (Å²) in [7, 11) is -0.405. The fourth-order valence-corrected chi connectivity index (χ4v) is 1.77. The molecule has 1 aliphatic rings. The number of nitrogens with one attached hydrogen (secondary N) is 1. The maximum absolute atomic E-state index is 5.95. The fraction of sp³-hybridized carbons (Fsp3) is 0.692. The molecule has 1 saturated heterocycles. The molecule has 1 aliphatic heterocycles. The highest BCUT2D eigenvalue weighted by molar-refractivity contribution is 6.61. The molecule has 2 rings (SSSR count). The Kier molecular flexibility index (Phi) is 3.58. The lowest BCUT2D eigenvalue weighted by molar-refractivity contribution is 0.00578. The van der Waals surface area contributed by atoms with Gasteiger partial charge in [0, 0.05) is 23.9 Å². The van der Waals surface area contributed by atoms with E-state index in [0.29, 0.717) is 12.0 Å². The zero-order valence-corrected chi connectivity index (χ0v) is 12.5. The van der Waals surface area contributed by atoms with Crippen molar-refractivity contribution in [3.8, 4) is 0 Å². The first-order valence-electron chi connectivity index (χ1n) is 6.65. The van der Waals surface area contributed by atoms with Gasteiger partial charge in [-0.1, -0.05) is 0 Å². The smallest absolute Gasteiger partial charge is 0.399 e. The maximum atomic E-state index is 5.95. The van der Waals surface area contributed by atoms with E-state index in [0.717, 1.165) is 5.46 Å². The summed E-state index contributed by atoms with van der Waals surface area (Å²) >= 11 is 0. The number of aromatic nitrogens is 2. The monoisotopic (exact) mass is 263 g/mol. The summed E-state index contributed by atoms with van der Waals surface area (Å²) in [4.78, 5) is 8.55. The Labute approximate surface area is 115 Å². The Morgan fingerprint density at radius 3 is 1.95 bits per heavy atom. The van der Waals surface area contributed by atoms with E-state index in [1.54, 1.807) is 12.4 Å². The first-order chi connectivity index (χ1) is 8.71. The SMILES string of the molecule is CC(C)Nc1ncc(B2OC(C)(C)C(C)(C)O2)cn1. The Morgan fingerprint density at radius 2 is 1.53 bits per heavy atom. The topological polar surface area (TPSA) is 56.3 Å². The van der Waals surface area contributed by atoms with Crippen LogP contribution in [0.1, 0.15) is 41.5 Å². The number of anilines is 1. The molecule has 19 heavy (non-hydrogen) atoms. The van der Waals surface area contributed by atoms with Crippen LogP contribution in [0.4, 0.5) is 5.95 Å². The predicted octanol–water partition coefficient (Wildman–Crippen LogP) is 1.60. The molecule has 0 aliphatic carbocycles. The van der Waals surface area contributed by atoms with Gasteiger partial charge in [-0.25, -0.2) is 9.97 Å². The van der Waals surface area contributed by atoms with Crippen LogP contribution in [-0.4, -0.2) is 34.3 Å². The van der Waals surface area contributed by atoms with E-state index < -0.39 is 7.12 Å². The molecular weight excluding hydrogens is 241 g/mol. The average Bonchev–Trinajstić information content (AvgIpc) is 2.48. The highest BCUT2D eigenvalue weighted by Gasteiger charge is 2.51. The highest BCUT2D eigenvalue weighted by Crippen LogP contribution is 2.36. The van der Waals surface area contributed by atoms with Crippen LogP contribution in [0.5, 0.6) is 0 Å². The van der Waals surface area contributed by atoms with Gasteiger partial charge in [0.15, 0.2) is 0 Å². The van der Waals surface area contributed by atoms with E-state index in [4.69, 9.17) is 9.31 Å². The molecule has 2 heterocycles. The third kappa shape index (κ3) is 2.90. The molecule has 0 radical (unpaired) electrons. The predicted molar refractivity (Wildman–Crippen MR) is 76.5 cm³/mol. The Bertz CT molecular complexity index is 430. The standard InChI is InChI=1S/C13H22BN3O2/c1-9(2)17-11-15-7-10(8-16-11)14-18-12(3,4)13(5,6)19-14/h7-9H,1-6H3,(H,15,16,17). The zero-order valence-electron chi connectivity index (χ0n) is 12.5. The lowest BCUT2D eigenvalue weighted by Crippen LogP contribution is -2.41. The summed E-state index contributed by atoms with van der Waals surface area (Å²) < 4.78 is 11.9. The van der Waals surface area contributed by atoms with Gasteiger partial charge >= 0.3 is 7.12 Å². The molecule has 0 spiro atoms. The number of hydrogen-bond donors (Lipinski definition) is 1. The van der Waals surface area contributed by atoms with Crippen LogP contribution in [-0.2, 0) is 9.31 Å². The second-order valence-electron chi connectivity index (χ2n) is 6.23. The zero-order chi connectivity index (χ0) is 14.3. The first kappa shape index (κ1) is 14.3. The molecule has 0 atom stereocenters. The van der Waals surface area contributed by atoms with Crippen molar-refractivity contribution >= 4 is 18.5 Å². The maximum Gasteiger partial charge on any atom is 0.498 e. The van der Waals surface area contributed by atoms with Crippen molar-refractivity contribution in [3.05, 3.63) is 12.4 Å². The molecule has 1 N–H and O–H groups in total. The van der Waals surface area contributed by atoms with Gasteiger partial charge in [-0.3, -0.25) is 0 Å². The molecule has 5 nitrogen and oxygen atoms in total. The molecule has 104 valence electrons. The second kappa shape index (κ2) is 4.76. The second-order valence-corrected chi connectivity index (χ2v) is 6.23. The molecule has 6 heteroatoms. The first-order valence-corrected chi connectivity index (χ1v) is 6.65. The quantitative estimate of drug-likeness (QED) is 0.839. The molecule has 1 aromatic heterocycles. The van der Waals surface area contributed by atoms with Crippen molar-refractivity contribution in [1.82, 2.24) is 9.97 Å². The number of hydrogen-bond acceptors (Lipinski definition) is 5. The molecule has 1 aromatic rings. The van der Waals surface area contributed by atoms with Gasteiger partial charge in [0.1, 0.15) is 0 Å². The van der Waals surface area contributed by atoms with Gasteiger partial charge in [-0.2, -0.15) is 0 Å². The summed E-state index contributed by atoms with van der Waals surface area (Å²) in [6.07, 6.45) is 3.50. The van der Waals surface area contributed by atoms with Crippen LogP contribution in [0, 0.1) is 0 Å². The van der Waals surface area contributed by atoms with Crippen LogP contribution in [0.15, 0.2) is 12.4 Å². The average molecular weight is 263 g/mol. The summed E-state index contributed by atoms with van der Waals surface area (Å²) in [6, 6.07) is 0.308. The third-order valence-electron chi connectivity index (χ3n) is 3.61. The molecule has 0 bridgehead atoms. The van der Waals surface area contributed by atoms with Gasteiger partial charge in [-0.15, -0.1) is 0 Å². The van der Waals surface area contributed by atoms with Crippen LogP contribution in [0.25, 0.3) is 0 Å². The van der Waals surface area contributed by atoms with Crippen LogP contribution in [0.2, 0.25) is 0 Å². The Morgan fingerprint density at radius 1 is 1.05 bits per heavy atom. The third-order valence-corrected chi connectivity index (χ3v) is 3.61. The van der Waals surface area contributed by atoms with Gasteiger partial charge in [0.2, 0.25) is 5.95 Å². The Hall–Kier alpha value is -1.14. The number of nitrogens with zero attached hydrogens (tertiary/aromatic N) is 2. The van der Waals surface area contributed by atoms with Gasteiger partial charge < -0.3 is 14.6 Å². The largest absolute Gasteiger partial charge is 0.498 e. The minimum atomic E-state index is -0.405. The molecule has 0 unspecified atom stereocenters. The summed E-state index contributed by atoms with van der Waals surface area (Å²) in [5.41, 5.74) is 0.159. The lowest BCUT2D eigenvalue weighted by atomic mass is 9.81. The van der Waals surface area contributed by atoms with E-state index >= 15 is 0 Å². The fourth-order valence-electron chi connectivity index (χ4n) is 1.77. The van der Waals surface area contributed by atoms with Gasteiger partial charge in [0.25, 0.3) is 0 Å². The van der Waals surface area contributed by atoms with Crippen LogP contribution in [0.3, 0.4) is 0 Å². The molecule has 0 saturated carbocycles. The summed E-state index contributed by atoms with van der Waals surface area (Å²) in [5, 5.41) is 3.15. The van der Waals surface area contributed by atoms with E-state index in [2.05, 4.69) is 15.3 Å². The van der Waals surface area contributed by atoms with Crippen molar-refractivity contribution in [2.45, 2.75) is 58.8 Å². The Balaban J connectivity index is 2.12. The van der Waals surface area contributed by atoms with E-state index in [-0.39, 0.29) is 11.2 Å². The van der Waals surface area contributed by atoms with Crippen LogP contribution >= 0.6 is 0 Å². The number of rotatable bonds is 3. The van der Waals surface area contributed by atoms with Gasteiger partial charge in [-0.05, 0) is 41.5 Å². The minimum absolute atomic E-state index is 0.308.